The van der Waals surface area contributed by atoms with E-state index < -0.39 is 10.0 Å². The fourth-order valence-corrected chi connectivity index (χ4v) is 4.09. The molecule has 0 atom stereocenters. The molecule has 1 heterocycles. The number of nitrogens with one attached hydrogen (secondary N) is 1. The summed E-state index contributed by atoms with van der Waals surface area (Å²) >= 11 is 0. The van der Waals surface area contributed by atoms with E-state index in [2.05, 4.69) is 18.6 Å². The molecule has 0 spiro atoms. The number of benzene rings is 2. The number of imide groups is 1. The molecule has 2 amide bonds. The first kappa shape index (κ1) is 19.9. The lowest BCUT2D eigenvalue weighted by molar-refractivity contribution is -0.121. The van der Waals surface area contributed by atoms with E-state index in [0.717, 1.165) is 10.5 Å². The number of carbonyl (C=O) groups excluding carboxylic acids is 2. The second kappa shape index (κ2) is 7.63. The summed E-state index contributed by atoms with van der Waals surface area (Å²) in [7, 11) is -2.52. The van der Waals surface area contributed by atoms with E-state index in [1.165, 1.54) is 25.3 Å². The van der Waals surface area contributed by atoms with Gasteiger partial charge in [0.2, 0.25) is 11.8 Å². The second-order valence-corrected chi connectivity index (χ2v) is 8.52. The van der Waals surface area contributed by atoms with Crippen LogP contribution in [-0.2, 0) is 19.6 Å². The molecular formula is C20H22N2O5S. The summed E-state index contributed by atoms with van der Waals surface area (Å²) in [6, 6.07) is 11.2. The Bertz CT molecular complexity index is 997. The van der Waals surface area contributed by atoms with Gasteiger partial charge in [-0.15, -0.1) is 0 Å². The molecule has 1 aliphatic heterocycles. The number of nitrogens with zero attached hydrogens (tertiary/aromatic N) is 1. The third-order valence-corrected chi connectivity index (χ3v) is 5.96. The van der Waals surface area contributed by atoms with Crippen LogP contribution in [0.25, 0.3) is 0 Å². The van der Waals surface area contributed by atoms with Gasteiger partial charge in [-0.3, -0.25) is 14.3 Å². The van der Waals surface area contributed by atoms with Gasteiger partial charge < -0.3 is 4.74 Å². The van der Waals surface area contributed by atoms with Crippen LogP contribution in [0.5, 0.6) is 5.75 Å². The minimum absolute atomic E-state index is 0.0660. The maximum absolute atomic E-state index is 12.8. The molecule has 0 aromatic heterocycles. The molecule has 1 aliphatic rings. The molecule has 0 bridgehead atoms. The molecule has 1 N–H and O–H groups in total. The number of anilines is 2. The predicted molar refractivity (Wildman–Crippen MR) is 106 cm³/mol. The van der Waals surface area contributed by atoms with Crippen LogP contribution >= 0.6 is 0 Å². The molecule has 1 fully saturated rings. The van der Waals surface area contributed by atoms with Gasteiger partial charge in [0.1, 0.15) is 5.75 Å². The van der Waals surface area contributed by atoms with E-state index in [0.29, 0.717) is 11.6 Å². The molecule has 7 nitrogen and oxygen atoms in total. The predicted octanol–water partition coefficient (Wildman–Crippen LogP) is 3.27. The highest BCUT2D eigenvalue weighted by Crippen LogP contribution is 2.34. The Morgan fingerprint density at radius 2 is 1.61 bits per heavy atom. The second-order valence-electron chi connectivity index (χ2n) is 6.84. The Morgan fingerprint density at radius 3 is 2.14 bits per heavy atom. The number of amides is 2. The first-order valence-electron chi connectivity index (χ1n) is 8.89. The van der Waals surface area contributed by atoms with Gasteiger partial charge in [0.25, 0.3) is 10.0 Å². The maximum Gasteiger partial charge on any atom is 0.261 e. The minimum atomic E-state index is -3.91. The zero-order valence-electron chi connectivity index (χ0n) is 15.9. The summed E-state index contributed by atoms with van der Waals surface area (Å²) in [6.07, 6.45) is 0.193. The number of rotatable bonds is 6. The Labute approximate surface area is 164 Å². The smallest absolute Gasteiger partial charge is 0.261 e. The first-order chi connectivity index (χ1) is 13.2. The van der Waals surface area contributed by atoms with E-state index in [1.807, 2.05) is 12.1 Å². The molecule has 28 heavy (non-hydrogen) atoms. The third kappa shape index (κ3) is 3.87. The van der Waals surface area contributed by atoms with Gasteiger partial charge in [-0.25, -0.2) is 13.3 Å². The van der Waals surface area contributed by atoms with Crippen molar-refractivity contribution >= 4 is 33.2 Å². The van der Waals surface area contributed by atoms with Crippen LogP contribution in [0.3, 0.4) is 0 Å². The van der Waals surface area contributed by atoms with Crippen molar-refractivity contribution in [3.8, 4) is 5.75 Å². The summed E-state index contributed by atoms with van der Waals surface area (Å²) in [6.45, 7) is 4.11. The van der Waals surface area contributed by atoms with Crippen molar-refractivity contribution in [1.29, 1.82) is 0 Å². The normalized spacial score (nSPS) is 14.6. The van der Waals surface area contributed by atoms with Gasteiger partial charge >= 0.3 is 0 Å². The molecule has 0 radical (unpaired) electrons. The van der Waals surface area contributed by atoms with Crippen molar-refractivity contribution in [2.75, 3.05) is 16.7 Å². The van der Waals surface area contributed by atoms with Crippen molar-refractivity contribution < 1.29 is 22.7 Å². The lowest BCUT2D eigenvalue weighted by Crippen LogP contribution is -2.29. The SMILES string of the molecule is COc1ccc(S(=O)(=O)Nc2ccc(C(C)C)cc2)cc1N1C(=O)CCC1=O. The van der Waals surface area contributed by atoms with E-state index in [9.17, 15) is 18.0 Å². The number of sulfonamides is 1. The van der Waals surface area contributed by atoms with Crippen LogP contribution in [-0.4, -0.2) is 27.3 Å². The third-order valence-electron chi connectivity index (χ3n) is 4.58. The molecule has 0 unspecified atom stereocenters. The number of hydrogen-bond acceptors (Lipinski definition) is 5. The van der Waals surface area contributed by atoms with Gasteiger partial charge in [0.05, 0.1) is 17.7 Å². The van der Waals surface area contributed by atoms with E-state index in [-0.39, 0.29) is 41.0 Å². The van der Waals surface area contributed by atoms with Gasteiger partial charge in [0, 0.05) is 18.5 Å². The molecular weight excluding hydrogens is 380 g/mol. The van der Waals surface area contributed by atoms with E-state index >= 15 is 0 Å². The highest BCUT2D eigenvalue weighted by molar-refractivity contribution is 7.92. The number of ether oxygens (including phenoxy) is 1. The van der Waals surface area contributed by atoms with Crippen LogP contribution in [0.15, 0.2) is 47.4 Å². The Kier molecular flexibility index (Phi) is 5.42. The number of carbonyl (C=O) groups is 2. The molecule has 2 aromatic carbocycles. The van der Waals surface area contributed by atoms with Crippen molar-refractivity contribution in [3.63, 3.8) is 0 Å². The van der Waals surface area contributed by atoms with Crippen molar-refractivity contribution in [1.82, 2.24) is 0 Å². The standard InChI is InChI=1S/C20H22N2O5S/c1-13(2)14-4-6-15(7-5-14)21-28(25,26)16-8-9-18(27-3)17(12-16)22-19(23)10-11-20(22)24/h4-9,12-13,21H,10-11H2,1-3H3. The molecule has 2 aromatic rings. The highest BCUT2D eigenvalue weighted by atomic mass is 32.2. The summed E-state index contributed by atoms with van der Waals surface area (Å²) < 4.78 is 33.4. The maximum atomic E-state index is 12.8. The summed E-state index contributed by atoms with van der Waals surface area (Å²) in [5, 5.41) is 0. The Balaban J connectivity index is 1.94. The zero-order chi connectivity index (χ0) is 20.5. The first-order valence-corrected chi connectivity index (χ1v) is 10.4. The molecule has 0 aliphatic carbocycles. The van der Waals surface area contributed by atoms with Crippen molar-refractivity contribution in [2.45, 2.75) is 37.5 Å². The van der Waals surface area contributed by atoms with Crippen molar-refractivity contribution in [3.05, 3.63) is 48.0 Å². The lowest BCUT2D eigenvalue weighted by atomic mass is 10.0. The summed E-state index contributed by atoms with van der Waals surface area (Å²) in [5.41, 5.74) is 1.66. The van der Waals surface area contributed by atoms with Gasteiger partial charge in [-0.2, -0.15) is 0 Å². The van der Waals surface area contributed by atoms with Crippen LogP contribution in [0.4, 0.5) is 11.4 Å². The summed E-state index contributed by atoms with van der Waals surface area (Å²) in [5.74, 6) is -0.167. The Hall–Kier alpha value is -2.87. The van der Waals surface area contributed by atoms with Gasteiger partial charge in [0.15, 0.2) is 0 Å². The molecule has 1 saturated heterocycles. The minimum Gasteiger partial charge on any atom is -0.495 e. The van der Waals surface area contributed by atoms with E-state index in [4.69, 9.17) is 4.74 Å². The largest absolute Gasteiger partial charge is 0.495 e. The number of methoxy groups -OCH3 is 1. The average molecular weight is 402 g/mol. The highest BCUT2D eigenvalue weighted by Gasteiger charge is 2.33. The van der Waals surface area contributed by atoms with Crippen molar-refractivity contribution in [2.24, 2.45) is 0 Å². The Morgan fingerprint density at radius 1 is 1.00 bits per heavy atom. The summed E-state index contributed by atoms with van der Waals surface area (Å²) in [4.78, 5) is 25.1. The lowest BCUT2D eigenvalue weighted by Gasteiger charge is -2.18. The van der Waals surface area contributed by atoms with E-state index in [1.54, 1.807) is 12.1 Å². The van der Waals surface area contributed by atoms with Crippen LogP contribution in [0.2, 0.25) is 0 Å². The fourth-order valence-electron chi connectivity index (χ4n) is 3.01. The molecule has 0 saturated carbocycles. The zero-order valence-corrected chi connectivity index (χ0v) is 16.7. The average Bonchev–Trinajstić information content (AvgIpc) is 2.99. The molecule has 3 rings (SSSR count). The monoisotopic (exact) mass is 402 g/mol. The fraction of sp³-hybridized carbons (Fsp3) is 0.300. The molecule has 148 valence electrons. The van der Waals surface area contributed by atoms with Gasteiger partial charge in [-0.05, 0) is 41.8 Å². The topological polar surface area (TPSA) is 92.8 Å². The number of hydrogen-bond donors (Lipinski definition) is 1. The molecule has 8 heteroatoms. The van der Waals surface area contributed by atoms with Gasteiger partial charge in [-0.1, -0.05) is 26.0 Å². The quantitative estimate of drug-likeness (QED) is 0.749. The van der Waals surface area contributed by atoms with Crippen LogP contribution in [0.1, 0.15) is 38.2 Å². The van der Waals surface area contributed by atoms with Crippen LogP contribution in [0, 0.1) is 0 Å². The van der Waals surface area contributed by atoms with Crippen LogP contribution < -0.4 is 14.4 Å².